The number of nitrogens with one attached hydrogen (secondary N) is 1. The predicted molar refractivity (Wildman–Crippen MR) is 122 cm³/mol. The van der Waals surface area contributed by atoms with Gasteiger partial charge in [0.05, 0.1) is 5.70 Å². The Labute approximate surface area is 191 Å². The minimum absolute atomic E-state index is 0.233. The number of pyridine rings is 1. The summed E-state index contributed by atoms with van der Waals surface area (Å²) in [4.78, 5) is 8.78. The molecular weight excluding hydrogens is 478 g/mol. The van der Waals surface area contributed by atoms with Gasteiger partial charge < -0.3 is 10.1 Å². The standard InChI is InChI=1S/C23H15BrClN5O/c24-15-5-3-13(4-6-15)22-19-20(17-10-16(25)7-8-18(17)31-22)29-23-27-12-28-30(23)21(19)14-2-1-9-26-11-14/h1-12,21-22H,(H,27,28,29)/t21-,22+/m1/s1. The van der Waals surface area contributed by atoms with Gasteiger partial charge in [0.25, 0.3) is 0 Å². The van der Waals surface area contributed by atoms with Crippen molar-refractivity contribution in [3.8, 4) is 5.75 Å². The van der Waals surface area contributed by atoms with Gasteiger partial charge in [-0.2, -0.15) is 10.1 Å². The second-order valence-electron chi connectivity index (χ2n) is 7.36. The van der Waals surface area contributed by atoms with Crippen molar-refractivity contribution in [2.24, 2.45) is 0 Å². The lowest BCUT2D eigenvalue weighted by Gasteiger charge is -2.38. The fourth-order valence-electron chi connectivity index (χ4n) is 4.21. The number of anilines is 1. The van der Waals surface area contributed by atoms with Gasteiger partial charge in [-0.25, -0.2) is 4.68 Å². The quantitative estimate of drug-likeness (QED) is 0.392. The maximum Gasteiger partial charge on any atom is 0.226 e. The topological polar surface area (TPSA) is 64.9 Å². The molecule has 2 atom stereocenters. The molecule has 0 saturated heterocycles. The van der Waals surface area contributed by atoms with Crippen LogP contribution in [0, 0.1) is 0 Å². The van der Waals surface area contributed by atoms with E-state index in [1.807, 2.05) is 53.3 Å². The van der Waals surface area contributed by atoms with Crippen LogP contribution in [0.4, 0.5) is 5.95 Å². The fourth-order valence-corrected chi connectivity index (χ4v) is 4.65. The van der Waals surface area contributed by atoms with E-state index < -0.39 is 0 Å². The summed E-state index contributed by atoms with van der Waals surface area (Å²) in [6.45, 7) is 0. The molecule has 2 aliphatic heterocycles. The van der Waals surface area contributed by atoms with Crippen LogP contribution < -0.4 is 10.1 Å². The Balaban J connectivity index is 1.64. The Kier molecular flexibility index (Phi) is 4.33. The van der Waals surface area contributed by atoms with E-state index in [9.17, 15) is 0 Å². The van der Waals surface area contributed by atoms with Gasteiger partial charge in [-0.15, -0.1) is 0 Å². The zero-order valence-electron chi connectivity index (χ0n) is 16.0. The molecule has 0 bridgehead atoms. The first-order valence-corrected chi connectivity index (χ1v) is 10.9. The first-order chi connectivity index (χ1) is 15.2. The SMILES string of the molecule is Clc1ccc2c(c1)C1=C([C@H](c3ccc(Br)cc3)O2)[C@@H](c2cccnc2)n2ncnc2N1. The van der Waals surface area contributed by atoms with Gasteiger partial charge in [0.15, 0.2) is 0 Å². The van der Waals surface area contributed by atoms with Crippen LogP contribution in [-0.4, -0.2) is 19.7 Å². The largest absolute Gasteiger partial charge is 0.480 e. The second-order valence-corrected chi connectivity index (χ2v) is 8.71. The van der Waals surface area contributed by atoms with E-state index >= 15 is 0 Å². The lowest BCUT2D eigenvalue weighted by molar-refractivity contribution is 0.223. The number of hydrogen-bond donors (Lipinski definition) is 1. The van der Waals surface area contributed by atoms with Crippen molar-refractivity contribution in [2.75, 3.05) is 5.32 Å². The fraction of sp³-hybridized carbons (Fsp3) is 0.0870. The lowest BCUT2D eigenvalue weighted by atomic mass is 9.85. The van der Waals surface area contributed by atoms with Crippen molar-refractivity contribution in [2.45, 2.75) is 12.1 Å². The molecule has 2 aromatic heterocycles. The maximum atomic E-state index is 6.57. The Bertz CT molecular complexity index is 1320. The average molecular weight is 493 g/mol. The summed E-state index contributed by atoms with van der Waals surface area (Å²) in [5.74, 6) is 1.43. The number of benzene rings is 2. The van der Waals surface area contributed by atoms with Gasteiger partial charge in [-0.3, -0.25) is 4.98 Å². The van der Waals surface area contributed by atoms with Crippen LogP contribution in [0.1, 0.15) is 28.8 Å². The molecule has 8 heteroatoms. The molecule has 0 fully saturated rings. The maximum absolute atomic E-state index is 6.57. The third kappa shape index (κ3) is 3.04. The molecule has 0 saturated carbocycles. The Morgan fingerprint density at radius 2 is 1.94 bits per heavy atom. The van der Waals surface area contributed by atoms with Crippen LogP contribution in [0.5, 0.6) is 5.75 Å². The van der Waals surface area contributed by atoms with Crippen molar-refractivity contribution in [1.29, 1.82) is 0 Å². The smallest absolute Gasteiger partial charge is 0.226 e. The van der Waals surface area contributed by atoms with Crippen LogP contribution in [0.25, 0.3) is 5.70 Å². The van der Waals surface area contributed by atoms with Gasteiger partial charge in [-0.05, 0) is 47.5 Å². The van der Waals surface area contributed by atoms with Crippen LogP contribution in [0.15, 0.2) is 83.4 Å². The summed E-state index contributed by atoms with van der Waals surface area (Å²) < 4.78 is 9.46. The highest BCUT2D eigenvalue weighted by atomic mass is 79.9. The van der Waals surface area contributed by atoms with Crippen molar-refractivity contribution in [3.05, 3.63) is 105 Å². The molecule has 0 unspecified atom stereocenters. The monoisotopic (exact) mass is 491 g/mol. The number of rotatable bonds is 2. The molecular formula is C23H15BrClN5O. The van der Waals surface area contributed by atoms with E-state index in [1.54, 1.807) is 12.5 Å². The summed E-state index contributed by atoms with van der Waals surface area (Å²) in [7, 11) is 0. The minimum Gasteiger partial charge on any atom is -0.480 e. The lowest BCUT2D eigenvalue weighted by Crippen LogP contribution is -2.32. The molecule has 6 rings (SSSR count). The summed E-state index contributed by atoms with van der Waals surface area (Å²) in [5.41, 5.74) is 4.91. The van der Waals surface area contributed by atoms with Crippen LogP contribution in [0.2, 0.25) is 5.02 Å². The molecule has 0 spiro atoms. The molecule has 1 N–H and O–H groups in total. The van der Waals surface area contributed by atoms with Gasteiger partial charge >= 0.3 is 0 Å². The van der Waals surface area contributed by atoms with Crippen LogP contribution >= 0.6 is 27.5 Å². The first-order valence-electron chi connectivity index (χ1n) is 9.71. The van der Waals surface area contributed by atoms with Crippen LogP contribution in [0.3, 0.4) is 0 Å². The molecule has 0 aliphatic carbocycles. The Morgan fingerprint density at radius 1 is 1.06 bits per heavy atom. The van der Waals surface area contributed by atoms with E-state index in [-0.39, 0.29) is 12.1 Å². The summed E-state index contributed by atoms with van der Waals surface area (Å²) in [6, 6.07) is 17.6. The molecule has 2 aliphatic rings. The second kappa shape index (κ2) is 7.21. The van der Waals surface area contributed by atoms with E-state index in [4.69, 9.17) is 16.3 Å². The number of halogens is 2. The molecule has 6 nitrogen and oxygen atoms in total. The molecule has 4 heterocycles. The highest BCUT2D eigenvalue weighted by Crippen LogP contribution is 2.50. The van der Waals surface area contributed by atoms with E-state index in [2.05, 4.69) is 48.4 Å². The zero-order chi connectivity index (χ0) is 20.9. The summed E-state index contributed by atoms with van der Waals surface area (Å²) >= 11 is 9.88. The Morgan fingerprint density at radius 3 is 2.74 bits per heavy atom. The molecule has 2 aromatic carbocycles. The highest BCUT2D eigenvalue weighted by molar-refractivity contribution is 9.10. The Hall–Kier alpha value is -3.16. The average Bonchev–Trinajstić information content (AvgIpc) is 3.27. The molecule has 4 aromatic rings. The molecule has 31 heavy (non-hydrogen) atoms. The number of aromatic nitrogens is 4. The number of hydrogen-bond acceptors (Lipinski definition) is 5. The summed E-state index contributed by atoms with van der Waals surface area (Å²) in [5, 5.41) is 8.63. The predicted octanol–water partition coefficient (Wildman–Crippen LogP) is 5.65. The number of nitrogens with zero attached hydrogens (tertiary/aromatic N) is 4. The van der Waals surface area contributed by atoms with Crippen LogP contribution in [-0.2, 0) is 0 Å². The van der Waals surface area contributed by atoms with Gasteiger partial charge in [0.1, 0.15) is 24.2 Å². The van der Waals surface area contributed by atoms with Gasteiger partial charge in [0.2, 0.25) is 5.95 Å². The van der Waals surface area contributed by atoms with Crippen molar-refractivity contribution in [3.63, 3.8) is 0 Å². The van der Waals surface area contributed by atoms with Crippen molar-refractivity contribution >= 4 is 39.2 Å². The summed E-state index contributed by atoms with van der Waals surface area (Å²) in [6.07, 6.45) is 4.85. The third-order valence-corrected chi connectivity index (χ3v) is 6.31. The van der Waals surface area contributed by atoms with Crippen molar-refractivity contribution in [1.82, 2.24) is 19.7 Å². The molecule has 0 radical (unpaired) electrons. The van der Waals surface area contributed by atoms with E-state index in [1.165, 1.54) is 0 Å². The first kappa shape index (κ1) is 18.6. The third-order valence-electron chi connectivity index (χ3n) is 5.55. The number of ether oxygens (including phenoxy) is 1. The van der Waals surface area contributed by atoms with E-state index in [0.29, 0.717) is 11.0 Å². The molecule has 152 valence electrons. The highest BCUT2D eigenvalue weighted by Gasteiger charge is 2.41. The van der Waals surface area contributed by atoms with Gasteiger partial charge in [-0.1, -0.05) is 45.7 Å². The zero-order valence-corrected chi connectivity index (χ0v) is 18.4. The number of fused-ring (bicyclic) bond motifs is 3. The minimum atomic E-state index is -0.327. The molecule has 0 amide bonds. The van der Waals surface area contributed by atoms with Crippen molar-refractivity contribution < 1.29 is 4.74 Å². The van der Waals surface area contributed by atoms with Gasteiger partial charge in [0, 0.05) is 33.0 Å². The van der Waals surface area contributed by atoms with E-state index in [0.717, 1.165) is 38.2 Å². The normalized spacial score (nSPS) is 19.0.